The van der Waals surface area contributed by atoms with Gasteiger partial charge in [-0.15, -0.1) is 0 Å². The lowest BCUT2D eigenvalue weighted by atomic mass is 9.94. The van der Waals surface area contributed by atoms with E-state index in [-0.39, 0.29) is 30.7 Å². The molecule has 1 heterocycles. The summed E-state index contributed by atoms with van der Waals surface area (Å²) < 4.78 is 10.1. The SMILES string of the molecule is COc1ccc(C)cc1.O=C(CNC(=O)C1CCCC1)NCC(=O)NC(CC1CCCC1)C(=O)C1CO1. The number of methoxy groups -OCH3 is 1. The largest absolute Gasteiger partial charge is 0.497 e. The van der Waals surface area contributed by atoms with Crippen molar-refractivity contribution in [2.75, 3.05) is 26.8 Å². The van der Waals surface area contributed by atoms with Crippen molar-refractivity contribution >= 4 is 23.5 Å². The van der Waals surface area contributed by atoms with E-state index >= 15 is 0 Å². The predicted octanol–water partition coefficient (Wildman–Crippen LogP) is 2.45. The van der Waals surface area contributed by atoms with Gasteiger partial charge in [-0.3, -0.25) is 19.2 Å². The molecule has 37 heavy (non-hydrogen) atoms. The number of ketones is 1. The van der Waals surface area contributed by atoms with Crippen LogP contribution >= 0.6 is 0 Å². The molecule has 2 unspecified atom stereocenters. The van der Waals surface area contributed by atoms with Crippen molar-refractivity contribution < 1.29 is 28.7 Å². The van der Waals surface area contributed by atoms with Crippen molar-refractivity contribution in [3.63, 3.8) is 0 Å². The Balaban J connectivity index is 0.000000356. The van der Waals surface area contributed by atoms with Crippen molar-refractivity contribution in [1.29, 1.82) is 0 Å². The number of Topliss-reactive ketones (excluding diaryl/α,β-unsaturated/α-hetero) is 1. The molecule has 1 saturated heterocycles. The smallest absolute Gasteiger partial charge is 0.239 e. The van der Waals surface area contributed by atoms with Crippen LogP contribution < -0.4 is 20.7 Å². The Bertz CT molecular complexity index is 903. The molecule has 0 spiro atoms. The summed E-state index contributed by atoms with van der Waals surface area (Å²) in [6.45, 7) is 2.13. The minimum atomic E-state index is -0.554. The predicted molar refractivity (Wildman–Crippen MR) is 139 cm³/mol. The minimum absolute atomic E-state index is 0.00287. The minimum Gasteiger partial charge on any atom is -0.497 e. The highest BCUT2D eigenvalue weighted by molar-refractivity contribution is 5.94. The first-order chi connectivity index (χ1) is 17.9. The first-order valence-corrected chi connectivity index (χ1v) is 13.5. The van der Waals surface area contributed by atoms with Crippen LogP contribution in [0.4, 0.5) is 0 Å². The molecule has 204 valence electrons. The second-order valence-electron chi connectivity index (χ2n) is 10.2. The fourth-order valence-corrected chi connectivity index (χ4v) is 4.92. The lowest BCUT2D eigenvalue weighted by Crippen LogP contribution is -2.48. The van der Waals surface area contributed by atoms with Crippen LogP contribution in [0, 0.1) is 18.8 Å². The van der Waals surface area contributed by atoms with E-state index in [1.165, 1.54) is 18.4 Å². The summed E-state index contributed by atoms with van der Waals surface area (Å²) in [6.07, 6.45) is 8.60. The quantitative estimate of drug-likeness (QED) is 0.389. The summed E-state index contributed by atoms with van der Waals surface area (Å²) in [7, 11) is 1.67. The number of carbonyl (C=O) groups excluding carboxylic acids is 4. The number of ether oxygens (including phenoxy) is 2. The summed E-state index contributed by atoms with van der Waals surface area (Å²) in [5, 5.41) is 7.89. The molecule has 2 atom stereocenters. The fourth-order valence-electron chi connectivity index (χ4n) is 4.92. The van der Waals surface area contributed by atoms with Gasteiger partial charge in [0.05, 0.1) is 32.8 Å². The zero-order valence-corrected chi connectivity index (χ0v) is 22.1. The fraction of sp³-hybridized carbons (Fsp3) is 0.643. The standard InChI is InChI=1S/C20H31N3O5.C8H10O/c24-17(10-22-20(27)14-7-3-4-8-14)21-11-18(25)23-15(19(26)16-12-28-16)9-13-5-1-2-6-13;1-7-3-5-8(9-2)6-4-7/h13-16H,1-12H2,(H,21,24)(H,22,27)(H,23,25);3-6H,1-2H3. The van der Waals surface area contributed by atoms with Crippen LogP contribution in [0.5, 0.6) is 5.75 Å². The first kappa shape index (κ1) is 28.6. The zero-order chi connectivity index (χ0) is 26.6. The van der Waals surface area contributed by atoms with E-state index in [1.54, 1.807) is 7.11 Å². The molecule has 3 amide bonds. The molecule has 2 aliphatic carbocycles. The van der Waals surface area contributed by atoms with Crippen LogP contribution in [-0.2, 0) is 23.9 Å². The van der Waals surface area contributed by atoms with E-state index in [0.29, 0.717) is 18.9 Å². The molecule has 0 aromatic heterocycles. The molecule has 1 aliphatic heterocycles. The van der Waals surface area contributed by atoms with Gasteiger partial charge in [-0.2, -0.15) is 0 Å². The molecule has 3 aliphatic rings. The highest BCUT2D eigenvalue weighted by atomic mass is 16.6. The van der Waals surface area contributed by atoms with E-state index in [2.05, 4.69) is 22.9 Å². The van der Waals surface area contributed by atoms with Crippen LogP contribution in [0.1, 0.15) is 63.4 Å². The molecular weight excluding hydrogens is 474 g/mol. The first-order valence-electron chi connectivity index (χ1n) is 13.5. The Morgan fingerprint density at radius 2 is 1.51 bits per heavy atom. The Labute approximate surface area is 219 Å². The Kier molecular flexibility index (Phi) is 11.4. The third-order valence-electron chi connectivity index (χ3n) is 7.23. The number of carbonyl (C=O) groups is 4. The average Bonchev–Trinajstić information content (AvgIpc) is 3.35. The van der Waals surface area contributed by atoms with Crippen LogP contribution in [0.15, 0.2) is 24.3 Å². The van der Waals surface area contributed by atoms with Crippen molar-refractivity contribution in [1.82, 2.24) is 16.0 Å². The molecule has 0 bridgehead atoms. The van der Waals surface area contributed by atoms with Gasteiger partial charge < -0.3 is 25.4 Å². The summed E-state index contributed by atoms with van der Waals surface area (Å²) >= 11 is 0. The summed E-state index contributed by atoms with van der Waals surface area (Å²) in [4.78, 5) is 48.4. The summed E-state index contributed by atoms with van der Waals surface area (Å²) in [6, 6.07) is 7.41. The number of amides is 3. The van der Waals surface area contributed by atoms with Crippen molar-refractivity contribution in [2.24, 2.45) is 11.8 Å². The van der Waals surface area contributed by atoms with Gasteiger partial charge in [0.2, 0.25) is 17.7 Å². The number of epoxide rings is 1. The molecule has 3 fully saturated rings. The van der Waals surface area contributed by atoms with Gasteiger partial charge in [-0.1, -0.05) is 56.2 Å². The number of hydrogen-bond acceptors (Lipinski definition) is 6. The average molecular weight is 516 g/mol. The van der Waals surface area contributed by atoms with Crippen LogP contribution in [-0.4, -0.2) is 62.5 Å². The van der Waals surface area contributed by atoms with Crippen LogP contribution in [0.25, 0.3) is 0 Å². The molecule has 1 aromatic carbocycles. The molecule has 9 heteroatoms. The Morgan fingerprint density at radius 3 is 2.11 bits per heavy atom. The molecule has 0 radical (unpaired) electrons. The molecule has 9 nitrogen and oxygen atoms in total. The zero-order valence-electron chi connectivity index (χ0n) is 22.1. The van der Waals surface area contributed by atoms with E-state index in [4.69, 9.17) is 9.47 Å². The molecule has 1 aromatic rings. The van der Waals surface area contributed by atoms with E-state index < -0.39 is 24.0 Å². The number of rotatable bonds is 11. The van der Waals surface area contributed by atoms with Gasteiger partial charge in [0, 0.05) is 5.92 Å². The summed E-state index contributed by atoms with van der Waals surface area (Å²) in [5.41, 5.74) is 1.26. The van der Waals surface area contributed by atoms with Gasteiger partial charge in [-0.05, 0) is 44.2 Å². The molecule has 4 rings (SSSR count). The van der Waals surface area contributed by atoms with Gasteiger partial charge in [0.25, 0.3) is 0 Å². The topological polar surface area (TPSA) is 126 Å². The highest BCUT2D eigenvalue weighted by Gasteiger charge is 2.38. The maximum Gasteiger partial charge on any atom is 0.239 e. The highest BCUT2D eigenvalue weighted by Crippen LogP contribution is 2.30. The number of nitrogens with one attached hydrogen (secondary N) is 3. The lowest BCUT2D eigenvalue weighted by Gasteiger charge is -2.20. The normalized spacial score (nSPS) is 19.8. The Morgan fingerprint density at radius 1 is 0.919 bits per heavy atom. The third-order valence-corrected chi connectivity index (χ3v) is 7.23. The van der Waals surface area contributed by atoms with E-state index in [0.717, 1.165) is 44.3 Å². The second-order valence-corrected chi connectivity index (χ2v) is 10.2. The Hall–Kier alpha value is -2.94. The van der Waals surface area contributed by atoms with Crippen molar-refractivity contribution in [2.45, 2.75) is 76.9 Å². The van der Waals surface area contributed by atoms with E-state index in [1.807, 2.05) is 24.3 Å². The second kappa shape index (κ2) is 14.7. The van der Waals surface area contributed by atoms with Gasteiger partial charge in [0.1, 0.15) is 11.9 Å². The number of hydrogen-bond donors (Lipinski definition) is 3. The maximum absolute atomic E-state index is 12.4. The molecule has 2 saturated carbocycles. The lowest BCUT2D eigenvalue weighted by molar-refractivity contribution is -0.130. The van der Waals surface area contributed by atoms with Crippen molar-refractivity contribution in [3.8, 4) is 5.75 Å². The van der Waals surface area contributed by atoms with Crippen LogP contribution in [0.3, 0.4) is 0 Å². The number of aryl methyl sites for hydroxylation is 1. The van der Waals surface area contributed by atoms with Crippen LogP contribution in [0.2, 0.25) is 0 Å². The molecule has 3 N–H and O–H groups in total. The van der Waals surface area contributed by atoms with Gasteiger partial charge in [0.15, 0.2) is 5.78 Å². The molecular formula is C28H41N3O6. The number of benzene rings is 1. The van der Waals surface area contributed by atoms with Gasteiger partial charge in [-0.25, -0.2) is 0 Å². The van der Waals surface area contributed by atoms with E-state index in [9.17, 15) is 19.2 Å². The third kappa shape index (κ3) is 10.1. The van der Waals surface area contributed by atoms with Gasteiger partial charge >= 0.3 is 0 Å². The van der Waals surface area contributed by atoms with Crippen molar-refractivity contribution in [3.05, 3.63) is 29.8 Å². The maximum atomic E-state index is 12.4. The summed E-state index contributed by atoms with van der Waals surface area (Å²) in [5.74, 6) is 0.398. The monoisotopic (exact) mass is 515 g/mol.